The molecule has 0 saturated heterocycles. The minimum atomic E-state index is -0.977. The lowest BCUT2D eigenvalue weighted by molar-refractivity contribution is 0.313. The molecule has 6 aromatic rings. The number of fused-ring (bicyclic) bond motifs is 8. The summed E-state index contributed by atoms with van der Waals surface area (Å²) in [4.78, 5) is 4.50. The minimum Gasteiger partial charge on any atom is -0.489 e. The van der Waals surface area contributed by atoms with Crippen molar-refractivity contribution >= 4 is 39.8 Å². The Kier molecular flexibility index (Phi) is 4.21. The van der Waals surface area contributed by atoms with Crippen LogP contribution >= 0.6 is 0 Å². The van der Waals surface area contributed by atoms with E-state index in [1.807, 2.05) is 54.6 Å². The van der Waals surface area contributed by atoms with Crippen LogP contribution in [0, 0.1) is 0 Å². The molecular formula is C29H18BNO3. The van der Waals surface area contributed by atoms with E-state index in [-0.39, 0.29) is 0 Å². The van der Waals surface area contributed by atoms with Crippen LogP contribution in [0.15, 0.2) is 109 Å². The quantitative estimate of drug-likeness (QED) is 0.271. The highest BCUT2D eigenvalue weighted by Crippen LogP contribution is 2.47. The van der Waals surface area contributed by atoms with Crippen molar-refractivity contribution in [2.45, 2.75) is 0 Å². The van der Waals surface area contributed by atoms with Crippen LogP contribution in [0.5, 0.6) is 17.2 Å². The van der Waals surface area contributed by atoms with E-state index in [1.165, 1.54) is 0 Å². The van der Waals surface area contributed by atoms with E-state index in [4.69, 9.17) is 14.0 Å². The van der Waals surface area contributed by atoms with Crippen molar-refractivity contribution < 1.29 is 14.0 Å². The second-order valence-corrected chi connectivity index (χ2v) is 8.29. The first-order valence-electron chi connectivity index (χ1n) is 11.2. The van der Waals surface area contributed by atoms with Gasteiger partial charge in [-0.05, 0) is 45.8 Å². The van der Waals surface area contributed by atoms with Crippen LogP contribution in [-0.4, -0.2) is 12.3 Å². The monoisotopic (exact) mass is 439 g/mol. The Morgan fingerprint density at radius 2 is 1.15 bits per heavy atom. The fourth-order valence-corrected chi connectivity index (χ4v) is 4.77. The Balaban J connectivity index is 1.45. The van der Waals surface area contributed by atoms with Crippen molar-refractivity contribution in [3.8, 4) is 28.4 Å². The number of pyridine rings is 1. The van der Waals surface area contributed by atoms with Crippen molar-refractivity contribution in [2.75, 3.05) is 0 Å². The summed E-state index contributed by atoms with van der Waals surface area (Å²) >= 11 is 0. The Bertz CT molecular complexity index is 1620. The van der Waals surface area contributed by atoms with Crippen LogP contribution in [0.2, 0.25) is 0 Å². The third kappa shape index (κ3) is 2.98. The number of hydrogen-bond acceptors (Lipinski definition) is 4. The summed E-state index contributed by atoms with van der Waals surface area (Å²) in [5.74, 6) is 2.04. The highest BCUT2D eigenvalue weighted by molar-refractivity contribution is 6.41. The lowest BCUT2D eigenvalue weighted by atomic mass is 9.92. The smallest absolute Gasteiger partial charge is 0.489 e. The summed E-state index contributed by atoms with van der Waals surface area (Å²) in [5.41, 5.74) is 2.78. The molecule has 0 saturated carbocycles. The van der Waals surface area contributed by atoms with Gasteiger partial charge in [-0.1, -0.05) is 78.9 Å². The molecule has 34 heavy (non-hydrogen) atoms. The van der Waals surface area contributed by atoms with Gasteiger partial charge in [0.2, 0.25) is 0 Å². The Hall–Kier alpha value is -4.51. The molecule has 5 aromatic carbocycles. The summed E-state index contributed by atoms with van der Waals surface area (Å²) < 4.78 is 19.0. The standard InChI is InChI=1S/C29H18BNO3/c1-3-11-22-19(7-1)14-16-24-27(22)28-23-12-4-2-8-20(23)15-17-25(28)33-30(32-24)34-26-13-5-9-21-10-6-18-31-29(21)26/h1-18H. The molecule has 0 fully saturated rings. The van der Waals surface area contributed by atoms with Crippen molar-refractivity contribution in [3.63, 3.8) is 0 Å². The molecule has 1 aromatic heterocycles. The molecule has 0 aliphatic carbocycles. The minimum absolute atomic E-state index is 0.606. The van der Waals surface area contributed by atoms with Gasteiger partial charge < -0.3 is 14.0 Å². The molecule has 160 valence electrons. The Labute approximate surface area is 196 Å². The molecule has 2 heterocycles. The molecule has 5 heteroatoms. The van der Waals surface area contributed by atoms with Crippen molar-refractivity contribution in [3.05, 3.63) is 109 Å². The zero-order valence-corrected chi connectivity index (χ0v) is 18.1. The maximum atomic E-state index is 6.38. The predicted octanol–water partition coefficient (Wildman–Crippen LogP) is 7.04. The SMILES string of the molecule is c1ccc2c3c(ccc2c1)OB(Oc1cccc2cccnc12)Oc1ccc2ccccc2c1-3. The van der Waals surface area contributed by atoms with Crippen LogP contribution in [-0.2, 0) is 0 Å². The zero-order chi connectivity index (χ0) is 22.5. The van der Waals surface area contributed by atoms with Crippen LogP contribution in [0.25, 0.3) is 43.6 Å². The molecule has 1 aliphatic rings. The fourth-order valence-electron chi connectivity index (χ4n) is 4.77. The van der Waals surface area contributed by atoms with Crippen LogP contribution in [0.4, 0.5) is 0 Å². The molecule has 0 bridgehead atoms. The number of benzene rings is 5. The molecule has 0 unspecified atom stereocenters. The van der Waals surface area contributed by atoms with Crippen LogP contribution < -0.4 is 14.0 Å². The van der Waals surface area contributed by atoms with Crippen LogP contribution in [0.3, 0.4) is 0 Å². The topological polar surface area (TPSA) is 40.6 Å². The number of hydrogen-bond donors (Lipinski definition) is 0. The van der Waals surface area contributed by atoms with Crippen molar-refractivity contribution in [1.29, 1.82) is 0 Å². The number of para-hydroxylation sites is 1. The van der Waals surface area contributed by atoms with E-state index in [9.17, 15) is 0 Å². The summed E-state index contributed by atoms with van der Waals surface area (Å²) in [6, 6.07) is 34.6. The molecule has 0 atom stereocenters. The molecule has 1 aliphatic heterocycles. The molecule has 0 amide bonds. The van der Waals surface area contributed by atoms with Gasteiger partial charge in [-0.15, -0.1) is 0 Å². The van der Waals surface area contributed by atoms with Gasteiger partial charge in [0.05, 0.1) is 0 Å². The number of rotatable bonds is 2. The van der Waals surface area contributed by atoms with E-state index < -0.39 is 7.32 Å². The normalized spacial score (nSPS) is 12.5. The third-order valence-electron chi connectivity index (χ3n) is 6.30. The lowest BCUT2D eigenvalue weighted by Crippen LogP contribution is -2.36. The third-order valence-corrected chi connectivity index (χ3v) is 6.30. The molecular weight excluding hydrogens is 421 g/mol. The first kappa shape index (κ1) is 19.0. The lowest BCUT2D eigenvalue weighted by Gasteiger charge is -2.15. The number of aromatic nitrogens is 1. The summed E-state index contributed by atoms with van der Waals surface area (Å²) in [7, 11) is -0.977. The summed E-state index contributed by atoms with van der Waals surface area (Å²) in [6.07, 6.45) is 1.76. The maximum Gasteiger partial charge on any atom is 0.864 e. The average molecular weight is 439 g/mol. The van der Waals surface area contributed by atoms with Crippen molar-refractivity contribution in [1.82, 2.24) is 4.98 Å². The molecule has 0 radical (unpaired) electrons. The highest BCUT2D eigenvalue weighted by Gasteiger charge is 2.37. The second-order valence-electron chi connectivity index (χ2n) is 8.29. The van der Waals surface area contributed by atoms with E-state index in [0.717, 1.165) is 43.6 Å². The molecule has 0 N–H and O–H groups in total. The predicted molar refractivity (Wildman–Crippen MR) is 136 cm³/mol. The first-order chi connectivity index (χ1) is 16.8. The van der Waals surface area contributed by atoms with Gasteiger partial charge in [0.15, 0.2) is 0 Å². The maximum absolute atomic E-state index is 6.38. The van der Waals surface area contributed by atoms with Gasteiger partial charge in [0.1, 0.15) is 22.8 Å². The summed E-state index contributed by atoms with van der Waals surface area (Å²) in [6.45, 7) is 0. The highest BCUT2D eigenvalue weighted by atomic mass is 16.7. The van der Waals surface area contributed by atoms with Gasteiger partial charge in [0, 0.05) is 22.7 Å². The number of nitrogens with zero attached hydrogens (tertiary/aromatic N) is 1. The van der Waals surface area contributed by atoms with Crippen molar-refractivity contribution in [2.24, 2.45) is 0 Å². The van der Waals surface area contributed by atoms with Gasteiger partial charge in [-0.25, -0.2) is 0 Å². The van der Waals surface area contributed by atoms with E-state index >= 15 is 0 Å². The summed E-state index contributed by atoms with van der Waals surface area (Å²) in [5, 5.41) is 5.48. The second kappa shape index (κ2) is 7.53. The largest absolute Gasteiger partial charge is 0.864 e. The molecule has 4 nitrogen and oxygen atoms in total. The van der Waals surface area contributed by atoms with Gasteiger partial charge in [0.25, 0.3) is 0 Å². The van der Waals surface area contributed by atoms with E-state index in [0.29, 0.717) is 17.2 Å². The molecule has 0 spiro atoms. The Morgan fingerprint density at radius 3 is 1.82 bits per heavy atom. The van der Waals surface area contributed by atoms with Crippen LogP contribution in [0.1, 0.15) is 0 Å². The average Bonchev–Trinajstić information content (AvgIpc) is 3.05. The van der Waals surface area contributed by atoms with E-state index in [1.54, 1.807) is 6.20 Å². The van der Waals surface area contributed by atoms with Gasteiger partial charge in [-0.2, -0.15) is 0 Å². The zero-order valence-electron chi connectivity index (χ0n) is 18.1. The fraction of sp³-hybridized carbons (Fsp3) is 0. The van der Waals surface area contributed by atoms with Gasteiger partial charge >= 0.3 is 7.32 Å². The first-order valence-corrected chi connectivity index (χ1v) is 11.2. The molecule has 7 rings (SSSR count). The Morgan fingerprint density at radius 1 is 0.559 bits per heavy atom. The van der Waals surface area contributed by atoms with E-state index in [2.05, 4.69) is 53.5 Å². The van der Waals surface area contributed by atoms with Gasteiger partial charge in [-0.3, -0.25) is 4.98 Å².